The molecule has 1 heterocycles. The molecule has 0 amide bonds. The van der Waals surface area contributed by atoms with Crippen molar-refractivity contribution in [2.24, 2.45) is 0 Å². The average Bonchev–Trinajstić information content (AvgIpc) is 3.24. The first-order chi connectivity index (χ1) is 15.1. The molecule has 1 aromatic heterocycles. The number of benzene rings is 3. The van der Waals surface area contributed by atoms with Crippen molar-refractivity contribution in [2.75, 3.05) is 0 Å². The van der Waals surface area contributed by atoms with Gasteiger partial charge >= 0.3 is 5.97 Å². The molecule has 0 bridgehead atoms. The summed E-state index contributed by atoms with van der Waals surface area (Å²) in [4.78, 5) is 11.0. The SMILES string of the molecule is O=C(O)c1ccc(Cc2nnc(-c3cccc(C#CCc4ccc(F)cc4)c3)s2)cc1. The minimum Gasteiger partial charge on any atom is -0.478 e. The van der Waals surface area contributed by atoms with Gasteiger partial charge in [-0.05, 0) is 47.5 Å². The molecule has 0 spiro atoms. The normalized spacial score (nSPS) is 10.4. The van der Waals surface area contributed by atoms with Gasteiger partial charge in [-0.3, -0.25) is 0 Å². The van der Waals surface area contributed by atoms with E-state index in [0.717, 1.165) is 32.3 Å². The maximum absolute atomic E-state index is 13.0. The van der Waals surface area contributed by atoms with Gasteiger partial charge in [0.15, 0.2) is 0 Å². The minimum atomic E-state index is -0.939. The second-order valence-corrected chi connectivity index (χ2v) is 7.93. The third-order valence-corrected chi connectivity index (χ3v) is 5.54. The van der Waals surface area contributed by atoms with Gasteiger partial charge < -0.3 is 5.11 Å². The van der Waals surface area contributed by atoms with E-state index in [4.69, 9.17) is 5.11 Å². The van der Waals surface area contributed by atoms with Gasteiger partial charge in [0, 0.05) is 24.0 Å². The Bertz CT molecular complexity index is 1270. The zero-order valence-corrected chi connectivity index (χ0v) is 17.2. The van der Waals surface area contributed by atoms with E-state index in [-0.39, 0.29) is 11.4 Å². The van der Waals surface area contributed by atoms with Crippen LogP contribution < -0.4 is 0 Å². The second kappa shape index (κ2) is 9.33. The number of halogens is 1. The van der Waals surface area contributed by atoms with E-state index in [1.165, 1.54) is 23.5 Å². The van der Waals surface area contributed by atoms with Crippen LogP contribution in [0.15, 0.2) is 72.8 Å². The average molecular weight is 428 g/mol. The molecule has 6 heteroatoms. The van der Waals surface area contributed by atoms with Crippen LogP contribution in [0.4, 0.5) is 4.39 Å². The highest BCUT2D eigenvalue weighted by atomic mass is 32.1. The Morgan fingerprint density at radius 3 is 2.45 bits per heavy atom. The van der Waals surface area contributed by atoms with Gasteiger partial charge in [0.2, 0.25) is 0 Å². The van der Waals surface area contributed by atoms with E-state index in [1.54, 1.807) is 36.4 Å². The number of carboxylic acids is 1. The second-order valence-electron chi connectivity index (χ2n) is 6.87. The van der Waals surface area contributed by atoms with Crippen LogP contribution in [0.1, 0.15) is 32.1 Å². The minimum absolute atomic E-state index is 0.252. The molecule has 4 aromatic rings. The summed E-state index contributed by atoms with van der Waals surface area (Å²) in [5.74, 6) is 5.07. The van der Waals surface area contributed by atoms with Crippen LogP contribution in [0, 0.1) is 17.7 Å². The van der Waals surface area contributed by atoms with Gasteiger partial charge in [0.1, 0.15) is 15.8 Å². The Balaban J connectivity index is 1.45. The summed E-state index contributed by atoms with van der Waals surface area (Å²) in [5.41, 5.74) is 4.03. The van der Waals surface area contributed by atoms with Crippen LogP contribution in [0.25, 0.3) is 10.6 Å². The van der Waals surface area contributed by atoms with Crippen LogP contribution in [0.2, 0.25) is 0 Å². The molecule has 0 radical (unpaired) electrons. The number of hydrogen-bond donors (Lipinski definition) is 1. The number of carbonyl (C=O) groups is 1. The van der Waals surface area contributed by atoms with Crippen molar-refractivity contribution in [1.29, 1.82) is 0 Å². The molecule has 0 aliphatic heterocycles. The first-order valence-corrected chi connectivity index (χ1v) is 10.4. The zero-order valence-electron chi connectivity index (χ0n) is 16.4. The molecule has 0 aliphatic carbocycles. The van der Waals surface area contributed by atoms with Crippen LogP contribution >= 0.6 is 11.3 Å². The highest BCUT2D eigenvalue weighted by Crippen LogP contribution is 2.25. The molecule has 1 N–H and O–H groups in total. The number of aromatic nitrogens is 2. The van der Waals surface area contributed by atoms with Crippen LogP contribution in [0.3, 0.4) is 0 Å². The van der Waals surface area contributed by atoms with E-state index < -0.39 is 5.97 Å². The van der Waals surface area contributed by atoms with Crippen molar-refractivity contribution in [3.8, 4) is 22.4 Å². The van der Waals surface area contributed by atoms with Crippen molar-refractivity contribution >= 4 is 17.3 Å². The summed E-state index contributed by atoms with van der Waals surface area (Å²) in [6.45, 7) is 0. The molecule has 0 atom stereocenters. The lowest BCUT2D eigenvalue weighted by atomic mass is 10.1. The van der Waals surface area contributed by atoms with Crippen molar-refractivity contribution < 1.29 is 14.3 Å². The fourth-order valence-corrected chi connectivity index (χ4v) is 3.83. The van der Waals surface area contributed by atoms with Gasteiger partial charge in [-0.2, -0.15) is 0 Å². The molecule has 0 saturated carbocycles. The lowest BCUT2D eigenvalue weighted by Crippen LogP contribution is -1.96. The van der Waals surface area contributed by atoms with Crippen molar-refractivity contribution in [3.05, 3.63) is 106 Å². The largest absolute Gasteiger partial charge is 0.478 e. The lowest BCUT2D eigenvalue weighted by Gasteiger charge is -1.99. The molecule has 152 valence electrons. The van der Waals surface area contributed by atoms with Gasteiger partial charge in [-0.25, -0.2) is 9.18 Å². The number of aromatic carboxylic acids is 1. The van der Waals surface area contributed by atoms with Crippen LogP contribution in [-0.2, 0) is 12.8 Å². The summed E-state index contributed by atoms with van der Waals surface area (Å²) in [7, 11) is 0. The lowest BCUT2D eigenvalue weighted by molar-refractivity contribution is 0.0697. The summed E-state index contributed by atoms with van der Waals surface area (Å²) in [6.07, 6.45) is 1.14. The summed E-state index contributed by atoms with van der Waals surface area (Å²) in [5, 5.41) is 19.2. The Labute approximate surface area is 183 Å². The monoisotopic (exact) mass is 428 g/mol. The first-order valence-electron chi connectivity index (χ1n) is 9.55. The maximum atomic E-state index is 13.0. The summed E-state index contributed by atoms with van der Waals surface area (Å²) in [6, 6.07) is 20.9. The van der Waals surface area contributed by atoms with E-state index in [9.17, 15) is 9.18 Å². The van der Waals surface area contributed by atoms with Gasteiger partial charge in [-0.1, -0.05) is 59.6 Å². The molecule has 0 fully saturated rings. The standard InChI is InChI=1S/C25H17FN2O2S/c26-22-13-9-17(10-14-22)3-1-4-18-5-2-6-21(15-18)24-28-27-23(31-24)16-19-7-11-20(12-8-19)25(29)30/h2,5-15H,3,16H2,(H,29,30). The molecule has 0 aliphatic rings. The van der Waals surface area contributed by atoms with Gasteiger partial charge in [0.05, 0.1) is 5.56 Å². The number of hydrogen-bond acceptors (Lipinski definition) is 4. The van der Waals surface area contributed by atoms with Crippen molar-refractivity contribution in [1.82, 2.24) is 10.2 Å². The molecule has 4 nitrogen and oxygen atoms in total. The number of rotatable bonds is 5. The predicted octanol–water partition coefficient (Wildman–Crippen LogP) is 5.23. The van der Waals surface area contributed by atoms with E-state index in [1.807, 2.05) is 24.3 Å². The topological polar surface area (TPSA) is 63.1 Å². The summed E-state index contributed by atoms with van der Waals surface area (Å²) >= 11 is 1.50. The fraction of sp³-hybridized carbons (Fsp3) is 0.0800. The Morgan fingerprint density at radius 1 is 0.968 bits per heavy atom. The molecule has 31 heavy (non-hydrogen) atoms. The highest BCUT2D eigenvalue weighted by molar-refractivity contribution is 7.14. The quantitative estimate of drug-likeness (QED) is 0.442. The number of carboxylic acid groups (broad SMARTS) is 1. The van der Waals surface area contributed by atoms with Gasteiger partial charge in [-0.15, -0.1) is 10.2 Å². The van der Waals surface area contributed by atoms with Crippen LogP contribution in [0.5, 0.6) is 0 Å². The van der Waals surface area contributed by atoms with Crippen LogP contribution in [-0.4, -0.2) is 21.3 Å². The molecule has 0 saturated heterocycles. The highest BCUT2D eigenvalue weighted by Gasteiger charge is 2.09. The Kier molecular flexibility index (Phi) is 6.16. The predicted molar refractivity (Wildman–Crippen MR) is 119 cm³/mol. The van der Waals surface area contributed by atoms with E-state index >= 15 is 0 Å². The zero-order chi connectivity index (χ0) is 21.6. The number of nitrogens with zero attached hydrogens (tertiary/aromatic N) is 2. The Morgan fingerprint density at radius 2 is 1.71 bits per heavy atom. The maximum Gasteiger partial charge on any atom is 0.335 e. The summed E-state index contributed by atoms with van der Waals surface area (Å²) < 4.78 is 13.0. The first kappa shape index (κ1) is 20.5. The molecule has 3 aromatic carbocycles. The molecule has 0 unspecified atom stereocenters. The third-order valence-electron chi connectivity index (χ3n) is 4.57. The third kappa shape index (κ3) is 5.41. The molecule has 4 rings (SSSR count). The molecular weight excluding hydrogens is 411 g/mol. The Hall–Kier alpha value is -3.82. The van der Waals surface area contributed by atoms with E-state index in [2.05, 4.69) is 22.0 Å². The smallest absolute Gasteiger partial charge is 0.335 e. The van der Waals surface area contributed by atoms with E-state index in [0.29, 0.717) is 12.8 Å². The molecular formula is C25H17FN2O2S. The van der Waals surface area contributed by atoms with Crippen molar-refractivity contribution in [2.45, 2.75) is 12.8 Å². The fourth-order valence-electron chi connectivity index (χ4n) is 2.96. The van der Waals surface area contributed by atoms with Gasteiger partial charge in [0.25, 0.3) is 0 Å². The van der Waals surface area contributed by atoms with Crippen molar-refractivity contribution in [3.63, 3.8) is 0 Å².